The highest BCUT2D eigenvalue weighted by molar-refractivity contribution is 7.09. The lowest BCUT2D eigenvalue weighted by atomic mass is 9.96. The molecule has 0 spiro atoms. The predicted molar refractivity (Wildman–Crippen MR) is 98.8 cm³/mol. The van der Waals surface area contributed by atoms with Gasteiger partial charge in [-0.05, 0) is 49.6 Å². The Balaban J connectivity index is 1.42. The van der Waals surface area contributed by atoms with Crippen molar-refractivity contribution in [3.8, 4) is 0 Å². The van der Waals surface area contributed by atoms with Gasteiger partial charge in [0.1, 0.15) is 0 Å². The van der Waals surface area contributed by atoms with Crippen LogP contribution in [0.25, 0.3) is 0 Å². The van der Waals surface area contributed by atoms with E-state index in [-0.39, 0.29) is 0 Å². The summed E-state index contributed by atoms with van der Waals surface area (Å²) >= 11 is 1.86. The molecule has 3 rings (SSSR count). The molecule has 4 nitrogen and oxygen atoms in total. The number of rotatable bonds is 5. The standard InChI is InChI=1S/C18H30N4S/c19-18(21-16-7-2-1-3-8-16)20-12-15-6-4-10-22(13-15)14-17-9-5-11-23-17/h5,9,11,15-16H,1-4,6-8,10,12-14H2,(H3,19,20,21). The molecule has 1 aliphatic carbocycles. The van der Waals surface area contributed by atoms with Gasteiger partial charge in [-0.1, -0.05) is 25.3 Å². The van der Waals surface area contributed by atoms with E-state index >= 15 is 0 Å². The van der Waals surface area contributed by atoms with Gasteiger partial charge >= 0.3 is 0 Å². The minimum Gasteiger partial charge on any atom is -0.370 e. The van der Waals surface area contributed by atoms with Gasteiger partial charge in [-0.2, -0.15) is 0 Å². The van der Waals surface area contributed by atoms with E-state index in [0.717, 1.165) is 19.6 Å². The van der Waals surface area contributed by atoms with Crippen LogP contribution in [0.1, 0.15) is 49.8 Å². The molecule has 0 bridgehead atoms. The first-order chi connectivity index (χ1) is 11.3. The highest BCUT2D eigenvalue weighted by Crippen LogP contribution is 2.21. The Labute approximate surface area is 144 Å². The van der Waals surface area contributed by atoms with Gasteiger partial charge in [-0.25, -0.2) is 0 Å². The second-order valence-corrected chi connectivity index (χ2v) is 8.06. The summed E-state index contributed by atoms with van der Waals surface area (Å²) in [6, 6.07) is 4.93. The van der Waals surface area contributed by atoms with Crippen LogP contribution in [0.15, 0.2) is 22.5 Å². The maximum Gasteiger partial charge on any atom is 0.188 e. The maximum absolute atomic E-state index is 6.09. The maximum atomic E-state index is 6.09. The molecule has 2 fully saturated rings. The van der Waals surface area contributed by atoms with Gasteiger partial charge in [0, 0.05) is 30.6 Å². The molecule has 1 aromatic heterocycles. The van der Waals surface area contributed by atoms with Gasteiger partial charge < -0.3 is 11.1 Å². The van der Waals surface area contributed by atoms with Crippen LogP contribution >= 0.6 is 11.3 Å². The summed E-state index contributed by atoms with van der Waals surface area (Å²) in [5.74, 6) is 1.31. The van der Waals surface area contributed by atoms with Crippen molar-refractivity contribution in [1.29, 1.82) is 0 Å². The van der Waals surface area contributed by atoms with Crippen LogP contribution in [-0.2, 0) is 6.54 Å². The minimum atomic E-state index is 0.550. The molecule has 2 aliphatic rings. The average molecular weight is 335 g/mol. The molecule has 5 heteroatoms. The van der Waals surface area contributed by atoms with Crippen LogP contribution in [0.3, 0.4) is 0 Å². The number of guanidine groups is 1. The van der Waals surface area contributed by atoms with E-state index in [1.807, 2.05) is 11.3 Å². The summed E-state index contributed by atoms with van der Waals surface area (Å²) < 4.78 is 0. The topological polar surface area (TPSA) is 53.6 Å². The minimum absolute atomic E-state index is 0.550. The van der Waals surface area contributed by atoms with Crippen molar-refractivity contribution in [2.24, 2.45) is 16.6 Å². The van der Waals surface area contributed by atoms with E-state index in [1.165, 1.54) is 56.4 Å². The number of nitrogens with zero attached hydrogens (tertiary/aromatic N) is 2. The van der Waals surface area contributed by atoms with Crippen LogP contribution in [0.4, 0.5) is 0 Å². The van der Waals surface area contributed by atoms with E-state index in [1.54, 1.807) is 0 Å². The molecule has 1 atom stereocenters. The zero-order valence-electron chi connectivity index (χ0n) is 14.0. The summed E-state index contributed by atoms with van der Waals surface area (Å²) in [7, 11) is 0. The molecule has 1 unspecified atom stereocenters. The van der Waals surface area contributed by atoms with Crippen molar-refractivity contribution in [2.45, 2.75) is 57.5 Å². The first-order valence-electron chi connectivity index (χ1n) is 9.11. The van der Waals surface area contributed by atoms with Crippen molar-refractivity contribution >= 4 is 17.3 Å². The molecular formula is C18H30N4S. The number of hydrogen-bond donors (Lipinski definition) is 2. The smallest absolute Gasteiger partial charge is 0.188 e. The van der Waals surface area contributed by atoms with Crippen molar-refractivity contribution in [2.75, 3.05) is 19.6 Å². The van der Waals surface area contributed by atoms with E-state index in [0.29, 0.717) is 17.9 Å². The highest BCUT2D eigenvalue weighted by atomic mass is 32.1. The third-order valence-electron chi connectivity index (χ3n) is 5.04. The molecule has 23 heavy (non-hydrogen) atoms. The first-order valence-corrected chi connectivity index (χ1v) is 9.99. The Bertz CT molecular complexity index is 479. The second-order valence-electron chi connectivity index (χ2n) is 7.03. The van der Waals surface area contributed by atoms with E-state index in [9.17, 15) is 0 Å². The van der Waals surface area contributed by atoms with Crippen LogP contribution in [-0.4, -0.2) is 36.5 Å². The second kappa shape index (κ2) is 8.69. The summed E-state index contributed by atoms with van der Waals surface area (Å²) in [4.78, 5) is 8.67. The third-order valence-corrected chi connectivity index (χ3v) is 5.90. The average Bonchev–Trinajstić information content (AvgIpc) is 3.07. The van der Waals surface area contributed by atoms with Gasteiger partial charge in [0.25, 0.3) is 0 Å². The van der Waals surface area contributed by atoms with Crippen molar-refractivity contribution in [1.82, 2.24) is 10.2 Å². The van der Waals surface area contributed by atoms with Crippen LogP contribution in [0, 0.1) is 5.92 Å². The summed E-state index contributed by atoms with van der Waals surface area (Å²) in [5, 5.41) is 5.59. The lowest BCUT2D eigenvalue weighted by molar-refractivity contribution is 0.172. The first kappa shape index (κ1) is 16.8. The zero-order chi connectivity index (χ0) is 15.9. The molecule has 0 radical (unpaired) electrons. The number of piperidine rings is 1. The molecule has 1 aromatic rings. The van der Waals surface area contributed by atoms with Crippen LogP contribution in [0.5, 0.6) is 0 Å². The quantitative estimate of drug-likeness (QED) is 0.642. The number of thiophene rings is 1. The molecular weight excluding hydrogens is 304 g/mol. The lowest BCUT2D eigenvalue weighted by Gasteiger charge is -2.31. The molecule has 128 valence electrons. The van der Waals surface area contributed by atoms with Gasteiger partial charge in [0.2, 0.25) is 0 Å². The fourth-order valence-corrected chi connectivity index (χ4v) is 4.54. The van der Waals surface area contributed by atoms with Crippen molar-refractivity contribution in [3.63, 3.8) is 0 Å². The predicted octanol–water partition coefficient (Wildman–Crippen LogP) is 3.20. The largest absolute Gasteiger partial charge is 0.370 e. The summed E-state index contributed by atoms with van der Waals surface area (Å²) in [6.45, 7) is 4.33. The molecule has 2 heterocycles. The molecule has 0 amide bonds. The number of hydrogen-bond acceptors (Lipinski definition) is 3. The van der Waals surface area contributed by atoms with Gasteiger partial charge in [0.05, 0.1) is 0 Å². The number of aliphatic imine (C=N–C) groups is 1. The lowest BCUT2D eigenvalue weighted by Crippen LogP contribution is -2.42. The van der Waals surface area contributed by atoms with Crippen molar-refractivity contribution in [3.05, 3.63) is 22.4 Å². The molecule has 1 saturated carbocycles. The van der Waals surface area contributed by atoms with E-state index in [2.05, 4.69) is 32.7 Å². The third kappa shape index (κ3) is 5.50. The molecule has 1 saturated heterocycles. The zero-order valence-corrected chi connectivity index (χ0v) is 14.9. The van der Waals surface area contributed by atoms with Crippen LogP contribution < -0.4 is 11.1 Å². The number of likely N-dealkylation sites (tertiary alicyclic amines) is 1. The van der Waals surface area contributed by atoms with Crippen molar-refractivity contribution < 1.29 is 0 Å². The SMILES string of the molecule is NC(=NCC1CCCN(Cc2cccs2)C1)NC1CCCCC1. The summed E-state index contributed by atoms with van der Waals surface area (Å²) in [5.41, 5.74) is 6.09. The number of nitrogens with two attached hydrogens (primary N) is 1. The summed E-state index contributed by atoms with van der Waals surface area (Å²) in [6.07, 6.45) is 9.07. The Morgan fingerprint density at radius 3 is 2.91 bits per heavy atom. The fraction of sp³-hybridized carbons (Fsp3) is 0.722. The van der Waals surface area contributed by atoms with Gasteiger partial charge in [-0.3, -0.25) is 9.89 Å². The van der Waals surface area contributed by atoms with E-state index in [4.69, 9.17) is 5.73 Å². The van der Waals surface area contributed by atoms with E-state index < -0.39 is 0 Å². The monoisotopic (exact) mass is 334 g/mol. The number of nitrogens with one attached hydrogen (secondary N) is 1. The van der Waals surface area contributed by atoms with Gasteiger partial charge in [0.15, 0.2) is 5.96 Å². The fourth-order valence-electron chi connectivity index (χ4n) is 3.80. The molecule has 0 aromatic carbocycles. The molecule has 3 N–H and O–H groups in total. The molecule has 1 aliphatic heterocycles. The normalized spacial score (nSPS) is 24.7. The Morgan fingerprint density at radius 2 is 2.13 bits per heavy atom. The Hall–Kier alpha value is -1.07. The Morgan fingerprint density at radius 1 is 1.26 bits per heavy atom. The Kier molecular flexibility index (Phi) is 6.34. The van der Waals surface area contributed by atoms with Crippen LogP contribution in [0.2, 0.25) is 0 Å². The highest BCUT2D eigenvalue weighted by Gasteiger charge is 2.20. The van der Waals surface area contributed by atoms with Gasteiger partial charge in [-0.15, -0.1) is 11.3 Å².